The van der Waals surface area contributed by atoms with Gasteiger partial charge in [-0.2, -0.15) is 0 Å². The fourth-order valence-corrected chi connectivity index (χ4v) is 5.42. The van der Waals surface area contributed by atoms with Gasteiger partial charge in [-0.05, 0) is 63.0 Å². The van der Waals surface area contributed by atoms with Crippen LogP contribution in [0.1, 0.15) is 91.6 Å². The van der Waals surface area contributed by atoms with Crippen molar-refractivity contribution in [2.24, 2.45) is 0 Å². The van der Waals surface area contributed by atoms with Gasteiger partial charge in [0.1, 0.15) is 11.6 Å². The van der Waals surface area contributed by atoms with Crippen molar-refractivity contribution in [2.75, 3.05) is 11.9 Å². The maximum absolute atomic E-state index is 14.2. The molecule has 1 amide bonds. The molecule has 2 aliphatic rings. The molecule has 0 aliphatic heterocycles. The van der Waals surface area contributed by atoms with Crippen LogP contribution in [0.5, 0.6) is 0 Å². The smallest absolute Gasteiger partial charge is 0.273 e. The van der Waals surface area contributed by atoms with Crippen molar-refractivity contribution in [3.05, 3.63) is 64.1 Å². The number of hydrogen-bond acceptors (Lipinski definition) is 4. The Labute approximate surface area is 206 Å². The molecule has 0 saturated heterocycles. The van der Waals surface area contributed by atoms with Gasteiger partial charge in [-0.3, -0.25) is 4.79 Å². The van der Waals surface area contributed by atoms with E-state index in [1.54, 1.807) is 6.07 Å². The Morgan fingerprint density at radius 3 is 2.74 bits per heavy atom. The zero-order valence-corrected chi connectivity index (χ0v) is 20.9. The molecule has 2 N–H and O–H groups in total. The summed E-state index contributed by atoms with van der Waals surface area (Å²) in [6.45, 7) is 8.76. The maximum atomic E-state index is 14.2. The standard InChI is InChI=1S/C28H36F2N4O/c1-18(2)8-7-15-31-25(35)16-24-26(20-9-4-5-10-20)27(34-19(3)33-24)32-17-21-11-6-12-23-22(21)13-14-28(23,29)30/h6,11-12,20H,1,4-5,7-10,13-17H2,2-3H3,(H,31,35)(H,32,33,34). The van der Waals surface area contributed by atoms with Crippen LogP contribution in [-0.4, -0.2) is 22.4 Å². The number of aromatic nitrogens is 2. The Kier molecular flexibility index (Phi) is 7.82. The summed E-state index contributed by atoms with van der Waals surface area (Å²) in [4.78, 5) is 22.1. The lowest BCUT2D eigenvalue weighted by Crippen LogP contribution is -2.27. The average Bonchev–Trinajstić information content (AvgIpc) is 3.43. The molecule has 0 radical (unpaired) electrons. The van der Waals surface area contributed by atoms with Gasteiger partial charge in [-0.25, -0.2) is 18.7 Å². The van der Waals surface area contributed by atoms with E-state index >= 15 is 0 Å². The van der Waals surface area contributed by atoms with E-state index in [0.29, 0.717) is 31.3 Å². The highest BCUT2D eigenvalue weighted by atomic mass is 19.3. The Morgan fingerprint density at radius 1 is 1.23 bits per heavy atom. The Balaban J connectivity index is 1.55. The largest absolute Gasteiger partial charge is 0.366 e. The first-order chi connectivity index (χ1) is 16.7. The van der Waals surface area contributed by atoms with E-state index in [4.69, 9.17) is 4.98 Å². The number of carbonyl (C=O) groups excluding carboxylic acids is 1. The van der Waals surface area contributed by atoms with E-state index in [0.717, 1.165) is 72.3 Å². The number of fused-ring (bicyclic) bond motifs is 1. The first-order valence-corrected chi connectivity index (χ1v) is 12.8. The highest BCUT2D eigenvalue weighted by molar-refractivity contribution is 5.79. The first-order valence-electron chi connectivity index (χ1n) is 12.8. The molecule has 7 heteroatoms. The van der Waals surface area contributed by atoms with Gasteiger partial charge in [0.2, 0.25) is 5.91 Å². The molecule has 0 atom stereocenters. The van der Waals surface area contributed by atoms with Gasteiger partial charge in [0.05, 0.1) is 12.1 Å². The number of aryl methyl sites for hydroxylation is 1. The maximum Gasteiger partial charge on any atom is 0.273 e. The third-order valence-corrected chi connectivity index (χ3v) is 7.13. The predicted molar refractivity (Wildman–Crippen MR) is 135 cm³/mol. The number of hydrogen-bond donors (Lipinski definition) is 2. The molecule has 0 unspecified atom stereocenters. The number of amides is 1. The van der Waals surface area contributed by atoms with Gasteiger partial charge in [-0.15, -0.1) is 6.58 Å². The van der Waals surface area contributed by atoms with Crippen molar-refractivity contribution in [3.63, 3.8) is 0 Å². The van der Waals surface area contributed by atoms with Gasteiger partial charge < -0.3 is 10.6 Å². The van der Waals surface area contributed by atoms with Crippen molar-refractivity contribution < 1.29 is 13.6 Å². The minimum Gasteiger partial charge on any atom is -0.366 e. The summed E-state index contributed by atoms with van der Waals surface area (Å²) in [5.74, 6) is -1.16. The van der Waals surface area contributed by atoms with Crippen LogP contribution in [0.15, 0.2) is 30.4 Å². The molecule has 4 rings (SSSR count). The molecule has 2 aromatic rings. The predicted octanol–water partition coefficient (Wildman–Crippen LogP) is 6.11. The van der Waals surface area contributed by atoms with Gasteiger partial charge >= 0.3 is 0 Å². The van der Waals surface area contributed by atoms with Crippen molar-refractivity contribution in [1.29, 1.82) is 0 Å². The van der Waals surface area contributed by atoms with Gasteiger partial charge in [-0.1, -0.05) is 36.6 Å². The van der Waals surface area contributed by atoms with Crippen molar-refractivity contribution >= 4 is 11.7 Å². The summed E-state index contributed by atoms with van der Waals surface area (Å²) in [7, 11) is 0. The number of benzene rings is 1. The lowest BCUT2D eigenvalue weighted by molar-refractivity contribution is -0.120. The van der Waals surface area contributed by atoms with Crippen LogP contribution < -0.4 is 10.6 Å². The molecule has 1 aromatic heterocycles. The van der Waals surface area contributed by atoms with Crippen LogP contribution in [0.4, 0.5) is 14.6 Å². The lowest BCUT2D eigenvalue weighted by atomic mass is 9.94. The Morgan fingerprint density at radius 2 is 2.00 bits per heavy atom. The molecule has 35 heavy (non-hydrogen) atoms. The van der Waals surface area contributed by atoms with Crippen molar-refractivity contribution in [1.82, 2.24) is 15.3 Å². The summed E-state index contributed by atoms with van der Waals surface area (Å²) >= 11 is 0. The third-order valence-electron chi connectivity index (χ3n) is 7.13. The van der Waals surface area contributed by atoms with Crippen LogP contribution in [0.3, 0.4) is 0 Å². The normalized spacial score (nSPS) is 16.8. The van der Waals surface area contributed by atoms with E-state index in [1.807, 2.05) is 19.9 Å². The summed E-state index contributed by atoms with van der Waals surface area (Å²) in [5.41, 5.74) is 4.67. The van der Waals surface area contributed by atoms with E-state index in [-0.39, 0.29) is 24.3 Å². The fourth-order valence-electron chi connectivity index (χ4n) is 5.42. The monoisotopic (exact) mass is 482 g/mol. The van der Waals surface area contributed by atoms with E-state index in [9.17, 15) is 13.6 Å². The summed E-state index contributed by atoms with van der Waals surface area (Å²) < 4.78 is 28.5. The molecule has 1 fully saturated rings. The molecule has 1 heterocycles. The number of nitrogens with one attached hydrogen (secondary N) is 2. The highest BCUT2D eigenvalue weighted by Crippen LogP contribution is 2.43. The second kappa shape index (κ2) is 10.8. The van der Waals surface area contributed by atoms with Crippen molar-refractivity contribution in [3.8, 4) is 0 Å². The van der Waals surface area contributed by atoms with Crippen LogP contribution in [-0.2, 0) is 30.1 Å². The quantitative estimate of drug-likeness (QED) is 0.317. The number of halogens is 2. The number of alkyl halides is 2. The van der Waals surface area contributed by atoms with E-state index < -0.39 is 5.92 Å². The summed E-state index contributed by atoms with van der Waals surface area (Å²) in [6, 6.07) is 5.16. The lowest BCUT2D eigenvalue weighted by Gasteiger charge is -2.21. The first kappa shape index (κ1) is 25.3. The minimum atomic E-state index is -2.75. The number of rotatable bonds is 10. The molecule has 0 spiro atoms. The number of carbonyl (C=O) groups is 1. The molecule has 1 aromatic carbocycles. The Hall–Kier alpha value is -2.83. The number of allylic oxidation sites excluding steroid dienone is 1. The fraction of sp³-hybridized carbons (Fsp3) is 0.536. The molecular weight excluding hydrogens is 446 g/mol. The zero-order chi connectivity index (χ0) is 25.0. The Bertz CT molecular complexity index is 1090. The molecular formula is C28H36F2N4O. The third kappa shape index (κ3) is 6.06. The van der Waals surface area contributed by atoms with E-state index in [2.05, 4.69) is 22.2 Å². The zero-order valence-electron chi connectivity index (χ0n) is 20.9. The number of anilines is 1. The molecule has 2 aliphatic carbocycles. The topological polar surface area (TPSA) is 66.9 Å². The number of nitrogens with zero attached hydrogens (tertiary/aromatic N) is 2. The molecule has 188 valence electrons. The molecule has 0 bridgehead atoms. The van der Waals surface area contributed by atoms with Crippen LogP contribution in [0.2, 0.25) is 0 Å². The van der Waals surface area contributed by atoms with Gasteiger partial charge in [0.15, 0.2) is 0 Å². The van der Waals surface area contributed by atoms with Gasteiger partial charge in [0, 0.05) is 30.6 Å². The molecule has 5 nitrogen and oxygen atoms in total. The highest BCUT2D eigenvalue weighted by Gasteiger charge is 2.39. The minimum absolute atomic E-state index is 0.0434. The van der Waals surface area contributed by atoms with Gasteiger partial charge in [0.25, 0.3) is 5.92 Å². The van der Waals surface area contributed by atoms with Crippen LogP contribution in [0, 0.1) is 6.92 Å². The SMILES string of the molecule is C=C(C)CCCNC(=O)Cc1nc(C)nc(NCc2cccc3c2CCC3(F)F)c1C1CCCC1. The van der Waals surface area contributed by atoms with Crippen LogP contribution >= 0.6 is 0 Å². The van der Waals surface area contributed by atoms with E-state index in [1.165, 1.54) is 6.07 Å². The summed E-state index contributed by atoms with van der Waals surface area (Å²) in [5, 5.41) is 6.45. The van der Waals surface area contributed by atoms with Crippen LogP contribution in [0.25, 0.3) is 0 Å². The molecule has 1 saturated carbocycles. The summed E-state index contributed by atoms with van der Waals surface area (Å²) in [6.07, 6.45) is 6.60. The second-order valence-corrected chi connectivity index (χ2v) is 10.0. The van der Waals surface area contributed by atoms with Crippen molar-refractivity contribution in [2.45, 2.75) is 90.0 Å². The average molecular weight is 483 g/mol. The second-order valence-electron chi connectivity index (χ2n) is 10.0.